The van der Waals surface area contributed by atoms with Crippen molar-refractivity contribution >= 4 is 27.3 Å². The van der Waals surface area contributed by atoms with E-state index in [0.717, 1.165) is 5.56 Å². The third kappa shape index (κ3) is 5.93. The number of para-hydroxylation sites is 2. The first-order chi connectivity index (χ1) is 15.7. The van der Waals surface area contributed by atoms with Crippen LogP contribution >= 0.6 is 0 Å². The van der Waals surface area contributed by atoms with Gasteiger partial charge < -0.3 is 10.1 Å². The van der Waals surface area contributed by atoms with E-state index in [2.05, 4.69) is 5.32 Å². The predicted octanol–water partition coefficient (Wildman–Crippen LogP) is 3.82. The van der Waals surface area contributed by atoms with Gasteiger partial charge in [-0.15, -0.1) is 0 Å². The molecule has 0 saturated heterocycles. The summed E-state index contributed by atoms with van der Waals surface area (Å²) in [6.45, 7) is 1.69. The smallest absolute Gasteiger partial charge is 0.310 e. The fraction of sp³-hybridized carbons (Fsp3) is 0.174. The van der Waals surface area contributed by atoms with Crippen molar-refractivity contribution in [3.05, 3.63) is 94.5 Å². The molecule has 3 aromatic rings. The number of anilines is 1. The van der Waals surface area contributed by atoms with Crippen molar-refractivity contribution in [2.75, 3.05) is 12.4 Å². The number of sulfonamides is 1. The Morgan fingerprint density at radius 1 is 1.03 bits per heavy atom. The summed E-state index contributed by atoms with van der Waals surface area (Å²) in [5, 5.41) is 13.7. The number of carbonyl (C=O) groups excluding carboxylic acids is 1. The number of nitro groups is 1. The van der Waals surface area contributed by atoms with Crippen LogP contribution in [0.25, 0.3) is 0 Å². The topological polar surface area (TPSA) is 119 Å². The van der Waals surface area contributed by atoms with Gasteiger partial charge in [0.2, 0.25) is 10.0 Å². The van der Waals surface area contributed by atoms with Crippen molar-refractivity contribution in [2.24, 2.45) is 0 Å². The Labute approximate surface area is 191 Å². The second-order valence-electron chi connectivity index (χ2n) is 7.25. The van der Waals surface area contributed by atoms with Crippen LogP contribution in [0.15, 0.2) is 83.8 Å². The van der Waals surface area contributed by atoms with Crippen LogP contribution in [0.4, 0.5) is 11.4 Å². The molecule has 3 rings (SSSR count). The molecule has 0 spiro atoms. The van der Waals surface area contributed by atoms with Crippen molar-refractivity contribution in [1.82, 2.24) is 4.31 Å². The van der Waals surface area contributed by atoms with Crippen molar-refractivity contribution in [1.29, 1.82) is 0 Å². The molecule has 1 amide bonds. The third-order valence-electron chi connectivity index (χ3n) is 4.81. The number of benzene rings is 3. The first kappa shape index (κ1) is 23.9. The second-order valence-corrected chi connectivity index (χ2v) is 9.29. The number of amides is 1. The fourth-order valence-electron chi connectivity index (χ4n) is 3.01. The number of nitro benzene ring substituents is 1. The summed E-state index contributed by atoms with van der Waals surface area (Å²) < 4.78 is 32.4. The van der Waals surface area contributed by atoms with Crippen LogP contribution in [0.3, 0.4) is 0 Å². The molecule has 0 heterocycles. The summed E-state index contributed by atoms with van der Waals surface area (Å²) in [6, 6.07) is 20.7. The Kier molecular flexibility index (Phi) is 7.41. The maximum absolute atomic E-state index is 12.8. The van der Waals surface area contributed by atoms with Gasteiger partial charge in [0.05, 0.1) is 9.82 Å². The van der Waals surface area contributed by atoms with Crippen molar-refractivity contribution in [3.63, 3.8) is 0 Å². The number of nitrogens with zero attached hydrogens (tertiary/aromatic N) is 2. The number of carbonyl (C=O) groups is 1. The van der Waals surface area contributed by atoms with Gasteiger partial charge in [-0.25, -0.2) is 8.42 Å². The van der Waals surface area contributed by atoms with E-state index in [0.29, 0.717) is 5.69 Å². The molecule has 3 aromatic carbocycles. The lowest BCUT2D eigenvalue weighted by Crippen LogP contribution is -2.30. The van der Waals surface area contributed by atoms with Crippen LogP contribution in [0, 0.1) is 10.1 Å². The van der Waals surface area contributed by atoms with Gasteiger partial charge in [-0.2, -0.15) is 4.31 Å². The molecule has 0 radical (unpaired) electrons. The summed E-state index contributed by atoms with van der Waals surface area (Å²) in [5.41, 5.74) is 0.981. The van der Waals surface area contributed by atoms with Gasteiger partial charge in [0.1, 0.15) is 0 Å². The van der Waals surface area contributed by atoms with E-state index >= 15 is 0 Å². The first-order valence-corrected chi connectivity index (χ1v) is 11.4. The Morgan fingerprint density at radius 2 is 1.64 bits per heavy atom. The molecule has 0 bridgehead atoms. The predicted molar refractivity (Wildman–Crippen MR) is 123 cm³/mol. The van der Waals surface area contributed by atoms with E-state index in [-0.39, 0.29) is 22.9 Å². The number of nitrogens with one attached hydrogen (secondary N) is 1. The van der Waals surface area contributed by atoms with E-state index in [9.17, 15) is 23.3 Å². The van der Waals surface area contributed by atoms with E-state index in [1.54, 1.807) is 6.07 Å². The largest absolute Gasteiger partial charge is 0.474 e. The third-order valence-corrected chi connectivity index (χ3v) is 6.63. The molecule has 0 saturated carbocycles. The van der Waals surface area contributed by atoms with Crippen LogP contribution < -0.4 is 10.1 Å². The molecule has 0 aliphatic carbocycles. The Morgan fingerprint density at radius 3 is 2.27 bits per heavy atom. The summed E-state index contributed by atoms with van der Waals surface area (Å²) in [5.74, 6) is -0.557. The minimum Gasteiger partial charge on any atom is -0.474 e. The van der Waals surface area contributed by atoms with Gasteiger partial charge in [-0.05, 0) is 42.8 Å². The molecule has 172 valence electrons. The molecule has 0 aromatic heterocycles. The van der Waals surface area contributed by atoms with Crippen LogP contribution in [-0.4, -0.2) is 36.7 Å². The SMILES string of the molecule is C[C@H](Oc1ccccc1[N+](=O)[O-])C(=O)Nc1ccc(S(=O)(=O)N(C)Cc2ccccc2)cc1. The Balaban J connectivity index is 1.65. The highest BCUT2D eigenvalue weighted by atomic mass is 32.2. The number of hydrogen-bond donors (Lipinski definition) is 1. The zero-order valence-electron chi connectivity index (χ0n) is 18.0. The summed E-state index contributed by atoms with van der Waals surface area (Å²) >= 11 is 0. The molecule has 0 unspecified atom stereocenters. The van der Waals surface area contributed by atoms with E-state index in [1.807, 2.05) is 30.3 Å². The molecule has 0 aliphatic heterocycles. The van der Waals surface area contributed by atoms with Gasteiger partial charge in [0.25, 0.3) is 5.91 Å². The van der Waals surface area contributed by atoms with Gasteiger partial charge in [0, 0.05) is 25.3 Å². The van der Waals surface area contributed by atoms with E-state index < -0.39 is 27.0 Å². The highest BCUT2D eigenvalue weighted by Crippen LogP contribution is 2.27. The molecule has 1 N–H and O–H groups in total. The number of rotatable bonds is 9. The summed E-state index contributed by atoms with van der Waals surface area (Å²) in [4.78, 5) is 23.1. The van der Waals surface area contributed by atoms with Gasteiger partial charge >= 0.3 is 5.69 Å². The molecule has 10 heteroatoms. The van der Waals surface area contributed by atoms with Crippen LogP contribution in [0.5, 0.6) is 5.75 Å². The minimum absolute atomic E-state index is 0.0203. The lowest BCUT2D eigenvalue weighted by molar-refractivity contribution is -0.386. The normalized spacial score (nSPS) is 12.2. The lowest BCUT2D eigenvalue weighted by Gasteiger charge is -2.18. The lowest BCUT2D eigenvalue weighted by atomic mass is 10.2. The van der Waals surface area contributed by atoms with E-state index in [4.69, 9.17) is 4.74 Å². The molecule has 33 heavy (non-hydrogen) atoms. The van der Waals surface area contributed by atoms with Gasteiger partial charge in [-0.1, -0.05) is 42.5 Å². The van der Waals surface area contributed by atoms with Crippen molar-refractivity contribution in [3.8, 4) is 5.75 Å². The summed E-state index contributed by atoms with van der Waals surface area (Å²) in [6.07, 6.45) is -1.02. The van der Waals surface area contributed by atoms with Crippen LogP contribution in [-0.2, 0) is 21.4 Å². The highest BCUT2D eigenvalue weighted by molar-refractivity contribution is 7.89. The Hall–Kier alpha value is -3.76. The zero-order valence-corrected chi connectivity index (χ0v) is 18.9. The monoisotopic (exact) mass is 469 g/mol. The molecule has 0 aliphatic rings. The molecule has 9 nitrogen and oxygen atoms in total. The van der Waals surface area contributed by atoms with Gasteiger partial charge in [0.15, 0.2) is 11.9 Å². The van der Waals surface area contributed by atoms with Crippen molar-refractivity contribution in [2.45, 2.75) is 24.5 Å². The van der Waals surface area contributed by atoms with Crippen LogP contribution in [0.1, 0.15) is 12.5 Å². The average Bonchev–Trinajstić information content (AvgIpc) is 2.80. The van der Waals surface area contributed by atoms with E-state index in [1.165, 1.54) is 60.7 Å². The maximum Gasteiger partial charge on any atom is 0.310 e. The quantitative estimate of drug-likeness (QED) is 0.376. The zero-order chi connectivity index (χ0) is 24.0. The molecular weight excluding hydrogens is 446 g/mol. The number of hydrogen-bond acceptors (Lipinski definition) is 6. The molecular formula is C23H23N3O6S. The standard InChI is InChI=1S/C23H23N3O6S/c1-17(32-22-11-7-6-10-21(22)26(28)29)23(27)24-19-12-14-20(15-13-19)33(30,31)25(2)16-18-8-4-3-5-9-18/h3-15,17H,16H2,1-2H3,(H,24,27)/t17-/m0/s1. The van der Waals surface area contributed by atoms with Crippen LogP contribution in [0.2, 0.25) is 0 Å². The number of ether oxygens (including phenoxy) is 1. The first-order valence-electron chi connectivity index (χ1n) is 10.00. The van der Waals surface area contributed by atoms with Gasteiger partial charge in [-0.3, -0.25) is 14.9 Å². The highest BCUT2D eigenvalue weighted by Gasteiger charge is 2.23. The maximum atomic E-state index is 12.8. The molecule has 1 atom stereocenters. The fourth-order valence-corrected chi connectivity index (χ4v) is 4.17. The summed E-state index contributed by atoms with van der Waals surface area (Å²) in [7, 11) is -2.22. The van der Waals surface area contributed by atoms with Crippen molar-refractivity contribution < 1.29 is 22.9 Å². The second kappa shape index (κ2) is 10.2. The Bertz CT molecular complexity index is 1230. The average molecular weight is 470 g/mol. The minimum atomic E-state index is -3.72. The molecule has 0 fully saturated rings.